The first kappa shape index (κ1) is 15.5. The lowest BCUT2D eigenvalue weighted by molar-refractivity contribution is -0.121. The third-order valence-corrected chi connectivity index (χ3v) is 2.93. The Hall–Kier alpha value is -1.55. The first-order chi connectivity index (χ1) is 8.88. The van der Waals surface area contributed by atoms with Gasteiger partial charge in [-0.15, -0.1) is 0 Å². The number of nitrogens with one attached hydrogen (secondary N) is 1. The fraction of sp³-hybridized carbons (Fsp3) is 0.533. The van der Waals surface area contributed by atoms with Crippen molar-refractivity contribution in [2.75, 3.05) is 13.7 Å². The Bertz CT molecular complexity index is 436. The van der Waals surface area contributed by atoms with Gasteiger partial charge in [0.25, 0.3) is 0 Å². The van der Waals surface area contributed by atoms with Crippen LogP contribution in [0.15, 0.2) is 18.2 Å². The van der Waals surface area contributed by atoms with Crippen molar-refractivity contribution >= 4 is 5.91 Å². The van der Waals surface area contributed by atoms with E-state index in [-0.39, 0.29) is 11.3 Å². The monoisotopic (exact) mass is 264 g/mol. The smallest absolute Gasteiger partial charge is 0.221 e. The Morgan fingerprint density at radius 3 is 2.58 bits per heavy atom. The highest BCUT2D eigenvalue weighted by molar-refractivity contribution is 5.76. The van der Waals surface area contributed by atoms with E-state index in [4.69, 9.17) is 10.5 Å². The van der Waals surface area contributed by atoms with Gasteiger partial charge in [-0.05, 0) is 28.7 Å². The number of amides is 1. The number of nitrogens with two attached hydrogens (primary N) is 1. The van der Waals surface area contributed by atoms with Gasteiger partial charge in [-0.2, -0.15) is 0 Å². The van der Waals surface area contributed by atoms with E-state index in [0.717, 1.165) is 16.9 Å². The summed E-state index contributed by atoms with van der Waals surface area (Å²) in [5.74, 6) is 0.861. The highest BCUT2D eigenvalue weighted by Crippen LogP contribution is 2.31. The van der Waals surface area contributed by atoms with Gasteiger partial charge in [0.15, 0.2) is 0 Å². The summed E-state index contributed by atoms with van der Waals surface area (Å²) >= 11 is 0. The van der Waals surface area contributed by atoms with E-state index in [2.05, 4.69) is 32.2 Å². The van der Waals surface area contributed by atoms with Gasteiger partial charge in [-0.3, -0.25) is 4.79 Å². The van der Waals surface area contributed by atoms with E-state index in [1.54, 1.807) is 7.11 Å². The van der Waals surface area contributed by atoms with Crippen LogP contribution >= 0.6 is 0 Å². The summed E-state index contributed by atoms with van der Waals surface area (Å²) in [5.41, 5.74) is 7.55. The summed E-state index contributed by atoms with van der Waals surface area (Å²) in [6.07, 6.45) is 0.363. The first-order valence-corrected chi connectivity index (χ1v) is 6.52. The van der Waals surface area contributed by atoms with E-state index in [0.29, 0.717) is 19.5 Å². The summed E-state index contributed by atoms with van der Waals surface area (Å²) in [7, 11) is 1.67. The second-order valence-electron chi connectivity index (χ2n) is 5.60. The molecule has 0 fully saturated rings. The van der Waals surface area contributed by atoms with E-state index in [1.807, 2.05) is 12.1 Å². The molecule has 0 heterocycles. The summed E-state index contributed by atoms with van der Waals surface area (Å²) in [4.78, 5) is 11.4. The molecule has 0 radical (unpaired) electrons. The zero-order chi connectivity index (χ0) is 14.5. The van der Waals surface area contributed by atoms with Crippen molar-refractivity contribution in [3.05, 3.63) is 29.3 Å². The molecule has 106 valence electrons. The van der Waals surface area contributed by atoms with Crippen LogP contribution < -0.4 is 15.8 Å². The van der Waals surface area contributed by atoms with Crippen molar-refractivity contribution in [2.24, 2.45) is 5.73 Å². The molecule has 4 nitrogen and oxygen atoms in total. The standard InChI is InChI=1S/C15H24N2O2/c1-15(2,3)12-9-11(5-6-13(12)19-4)10-17-14(18)7-8-16/h5-6,9H,7-8,10,16H2,1-4H3,(H,17,18). The SMILES string of the molecule is COc1ccc(CNC(=O)CCN)cc1C(C)(C)C. The number of benzene rings is 1. The molecule has 19 heavy (non-hydrogen) atoms. The second-order valence-corrected chi connectivity index (χ2v) is 5.60. The van der Waals surface area contributed by atoms with Crippen LogP contribution in [-0.4, -0.2) is 19.6 Å². The van der Waals surface area contributed by atoms with Crippen LogP contribution in [0.25, 0.3) is 0 Å². The zero-order valence-electron chi connectivity index (χ0n) is 12.2. The van der Waals surface area contributed by atoms with Gasteiger partial charge in [0, 0.05) is 19.5 Å². The molecule has 0 bridgehead atoms. The normalized spacial score (nSPS) is 11.2. The largest absolute Gasteiger partial charge is 0.496 e. The maximum absolute atomic E-state index is 11.4. The fourth-order valence-corrected chi connectivity index (χ4v) is 1.87. The predicted octanol–water partition coefficient (Wildman–Crippen LogP) is 1.96. The Morgan fingerprint density at radius 2 is 2.05 bits per heavy atom. The lowest BCUT2D eigenvalue weighted by Crippen LogP contribution is -2.25. The molecule has 1 aromatic rings. The number of methoxy groups -OCH3 is 1. The van der Waals surface area contributed by atoms with E-state index in [9.17, 15) is 4.79 Å². The van der Waals surface area contributed by atoms with Crippen LogP contribution in [0.3, 0.4) is 0 Å². The third-order valence-electron chi connectivity index (χ3n) is 2.93. The van der Waals surface area contributed by atoms with Gasteiger partial charge in [0.1, 0.15) is 5.75 Å². The maximum Gasteiger partial charge on any atom is 0.221 e. The van der Waals surface area contributed by atoms with E-state index < -0.39 is 0 Å². The average molecular weight is 264 g/mol. The first-order valence-electron chi connectivity index (χ1n) is 6.52. The van der Waals surface area contributed by atoms with Gasteiger partial charge >= 0.3 is 0 Å². The Labute approximate surface area is 115 Å². The summed E-state index contributed by atoms with van der Waals surface area (Å²) in [6, 6.07) is 6.00. The molecule has 0 aliphatic rings. The number of hydrogen-bond donors (Lipinski definition) is 2. The molecule has 0 spiro atoms. The number of ether oxygens (including phenoxy) is 1. The molecule has 0 saturated heterocycles. The van der Waals surface area contributed by atoms with Crippen LogP contribution in [-0.2, 0) is 16.8 Å². The zero-order valence-corrected chi connectivity index (χ0v) is 12.2. The molecule has 0 aliphatic carbocycles. The molecule has 1 amide bonds. The summed E-state index contributed by atoms with van der Waals surface area (Å²) in [5, 5.41) is 2.86. The lowest BCUT2D eigenvalue weighted by Gasteiger charge is -2.23. The minimum absolute atomic E-state index is 0.00260. The van der Waals surface area contributed by atoms with Crippen LogP contribution in [0.1, 0.15) is 38.3 Å². The molecule has 0 unspecified atom stereocenters. The Kier molecular flexibility index (Phi) is 5.36. The summed E-state index contributed by atoms with van der Waals surface area (Å²) in [6.45, 7) is 7.32. The van der Waals surface area contributed by atoms with Crippen LogP contribution in [0.4, 0.5) is 0 Å². The fourth-order valence-electron chi connectivity index (χ4n) is 1.87. The third kappa shape index (κ3) is 4.56. The predicted molar refractivity (Wildman–Crippen MR) is 77.2 cm³/mol. The van der Waals surface area contributed by atoms with Crippen molar-refractivity contribution < 1.29 is 9.53 Å². The molecular formula is C15H24N2O2. The molecule has 4 heteroatoms. The summed E-state index contributed by atoms with van der Waals surface area (Å²) < 4.78 is 5.39. The number of carbonyl (C=O) groups excluding carboxylic acids is 1. The van der Waals surface area contributed by atoms with Crippen molar-refractivity contribution in [1.29, 1.82) is 0 Å². The molecule has 0 saturated carbocycles. The van der Waals surface area contributed by atoms with Crippen LogP contribution in [0, 0.1) is 0 Å². The molecule has 0 aliphatic heterocycles. The molecular weight excluding hydrogens is 240 g/mol. The lowest BCUT2D eigenvalue weighted by atomic mass is 9.85. The van der Waals surface area contributed by atoms with Gasteiger partial charge in [0.05, 0.1) is 7.11 Å². The van der Waals surface area contributed by atoms with Crippen LogP contribution in [0.5, 0.6) is 5.75 Å². The highest BCUT2D eigenvalue weighted by Gasteiger charge is 2.19. The van der Waals surface area contributed by atoms with Gasteiger partial charge in [-0.25, -0.2) is 0 Å². The Balaban J connectivity index is 2.84. The second kappa shape index (κ2) is 6.57. The molecule has 1 aromatic carbocycles. The van der Waals surface area contributed by atoms with Crippen molar-refractivity contribution in [1.82, 2.24) is 5.32 Å². The molecule has 3 N–H and O–H groups in total. The van der Waals surface area contributed by atoms with Crippen molar-refractivity contribution in [3.8, 4) is 5.75 Å². The van der Waals surface area contributed by atoms with Gasteiger partial charge < -0.3 is 15.8 Å². The average Bonchev–Trinajstić information content (AvgIpc) is 2.35. The minimum Gasteiger partial charge on any atom is -0.496 e. The maximum atomic E-state index is 11.4. The van der Waals surface area contributed by atoms with E-state index in [1.165, 1.54) is 0 Å². The van der Waals surface area contributed by atoms with Crippen LogP contribution in [0.2, 0.25) is 0 Å². The van der Waals surface area contributed by atoms with Gasteiger partial charge in [-0.1, -0.05) is 26.8 Å². The molecule has 0 aromatic heterocycles. The van der Waals surface area contributed by atoms with Crippen molar-refractivity contribution in [2.45, 2.75) is 39.2 Å². The van der Waals surface area contributed by atoms with Crippen molar-refractivity contribution in [3.63, 3.8) is 0 Å². The molecule has 1 rings (SSSR count). The topological polar surface area (TPSA) is 64.3 Å². The minimum atomic E-state index is -0.0179. The van der Waals surface area contributed by atoms with Gasteiger partial charge in [0.2, 0.25) is 5.91 Å². The Morgan fingerprint density at radius 1 is 1.37 bits per heavy atom. The quantitative estimate of drug-likeness (QED) is 0.854. The van der Waals surface area contributed by atoms with E-state index >= 15 is 0 Å². The highest BCUT2D eigenvalue weighted by atomic mass is 16.5. The molecule has 0 atom stereocenters. The number of rotatable bonds is 5. The number of hydrogen-bond acceptors (Lipinski definition) is 3. The number of carbonyl (C=O) groups is 1.